The van der Waals surface area contributed by atoms with Crippen LogP contribution in [0.25, 0.3) is 0 Å². The number of rotatable bonds is 8. The van der Waals surface area contributed by atoms with E-state index in [4.69, 9.17) is 9.15 Å². The minimum Gasteiger partial charge on any atom is -0.487 e. The summed E-state index contributed by atoms with van der Waals surface area (Å²) >= 11 is 0. The average Bonchev–Trinajstić information content (AvgIpc) is 3.14. The fourth-order valence-electron chi connectivity index (χ4n) is 4.45. The molecule has 2 aromatic rings. The monoisotopic (exact) mass is 446 g/mol. The molecule has 0 unspecified atom stereocenters. The quantitative estimate of drug-likeness (QED) is 0.580. The smallest absolute Gasteiger partial charge is 0.227 e. The van der Waals surface area contributed by atoms with Gasteiger partial charge in [0, 0.05) is 32.2 Å². The van der Waals surface area contributed by atoms with Crippen molar-refractivity contribution in [2.75, 3.05) is 26.0 Å². The van der Waals surface area contributed by atoms with Gasteiger partial charge in [-0.2, -0.15) is 0 Å². The first-order chi connectivity index (χ1) is 14.9. The van der Waals surface area contributed by atoms with Crippen molar-refractivity contribution in [2.24, 2.45) is 5.92 Å². The normalized spacial score (nSPS) is 18.2. The van der Waals surface area contributed by atoms with E-state index in [1.807, 2.05) is 12.1 Å². The van der Waals surface area contributed by atoms with Gasteiger partial charge in [0.15, 0.2) is 0 Å². The second-order valence-electron chi connectivity index (χ2n) is 8.58. The lowest BCUT2D eigenvalue weighted by molar-refractivity contribution is 0.230. The highest BCUT2D eigenvalue weighted by atomic mass is 32.2. The van der Waals surface area contributed by atoms with E-state index in [1.54, 1.807) is 4.31 Å². The van der Waals surface area contributed by atoms with Crippen LogP contribution in [-0.2, 0) is 29.7 Å². The summed E-state index contributed by atoms with van der Waals surface area (Å²) in [6.45, 7) is 3.96. The lowest BCUT2D eigenvalue weighted by atomic mass is 9.93. The zero-order chi connectivity index (χ0) is 21.8. The standard InChI is InChI=1S/C23H30N2O5S/c1-31(27,28)25-10-8-18(9-11-25)5-4-12-29-23-17-30-21(13-22(23)26)16-24-14-19-6-2-3-7-20(19)15-24/h2-3,6-7,13,17-18H,4-5,8-12,14-16H2,1H3. The van der Waals surface area contributed by atoms with E-state index in [0.717, 1.165) is 38.8 Å². The minimum atomic E-state index is -3.08. The summed E-state index contributed by atoms with van der Waals surface area (Å²) < 4.78 is 36.0. The third kappa shape index (κ3) is 5.75. The van der Waals surface area contributed by atoms with Crippen LogP contribution < -0.4 is 10.2 Å². The van der Waals surface area contributed by atoms with E-state index in [9.17, 15) is 13.2 Å². The van der Waals surface area contributed by atoms with Crippen molar-refractivity contribution in [2.45, 2.75) is 45.3 Å². The predicted molar refractivity (Wildman–Crippen MR) is 118 cm³/mol. The molecule has 3 heterocycles. The maximum atomic E-state index is 12.4. The maximum Gasteiger partial charge on any atom is 0.227 e. The first-order valence-corrected chi connectivity index (χ1v) is 12.7. The Kier molecular flexibility index (Phi) is 6.79. The predicted octanol–water partition coefficient (Wildman–Crippen LogP) is 2.99. The second kappa shape index (κ2) is 9.54. The van der Waals surface area contributed by atoms with Crippen LogP contribution in [0.3, 0.4) is 0 Å². The van der Waals surface area contributed by atoms with Gasteiger partial charge in [0.1, 0.15) is 12.0 Å². The number of ether oxygens (including phenoxy) is 1. The SMILES string of the molecule is CS(=O)(=O)N1CCC(CCCOc2coc(CN3Cc4ccccc4C3)cc2=O)CC1. The Morgan fingerprint density at radius 1 is 1.13 bits per heavy atom. The zero-order valence-electron chi connectivity index (χ0n) is 18.0. The van der Waals surface area contributed by atoms with Crippen LogP contribution in [0, 0.1) is 5.92 Å². The molecule has 1 aromatic heterocycles. The fraction of sp³-hybridized carbons (Fsp3) is 0.522. The molecule has 1 fully saturated rings. The molecule has 8 heteroatoms. The summed E-state index contributed by atoms with van der Waals surface area (Å²) in [7, 11) is -3.08. The summed E-state index contributed by atoms with van der Waals surface area (Å²) in [5, 5.41) is 0. The van der Waals surface area contributed by atoms with Crippen molar-refractivity contribution in [3.63, 3.8) is 0 Å². The Balaban J connectivity index is 1.20. The summed E-state index contributed by atoms with van der Waals surface area (Å²) in [5.74, 6) is 1.40. The minimum absolute atomic E-state index is 0.153. The molecule has 2 aliphatic heterocycles. The van der Waals surface area contributed by atoms with Crippen molar-refractivity contribution in [3.05, 3.63) is 63.7 Å². The van der Waals surface area contributed by atoms with Gasteiger partial charge in [-0.15, -0.1) is 0 Å². The summed E-state index contributed by atoms with van der Waals surface area (Å²) in [6.07, 6.45) is 6.25. The molecule has 1 saturated heterocycles. The van der Waals surface area contributed by atoms with E-state index >= 15 is 0 Å². The lowest BCUT2D eigenvalue weighted by Gasteiger charge is -2.30. The molecule has 0 N–H and O–H groups in total. The van der Waals surface area contributed by atoms with Crippen LogP contribution in [0.4, 0.5) is 0 Å². The van der Waals surface area contributed by atoms with Crippen LogP contribution >= 0.6 is 0 Å². The number of hydrogen-bond donors (Lipinski definition) is 0. The molecule has 31 heavy (non-hydrogen) atoms. The van der Waals surface area contributed by atoms with E-state index < -0.39 is 10.0 Å². The molecule has 0 atom stereocenters. The molecule has 4 rings (SSSR count). The van der Waals surface area contributed by atoms with Crippen LogP contribution in [0.15, 0.2) is 45.8 Å². The fourth-order valence-corrected chi connectivity index (χ4v) is 5.32. The Hall–Kier alpha value is -2.16. The number of piperidine rings is 1. The highest BCUT2D eigenvalue weighted by molar-refractivity contribution is 7.88. The first-order valence-electron chi connectivity index (χ1n) is 10.9. The molecular weight excluding hydrogens is 416 g/mol. The third-order valence-electron chi connectivity index (χ3n) is 6.19. The second-order valence-corrected chi connectivity index (χ2v) is 10.6. The third-order valence-corrected chi connectivity index (χ3v) is 7.50. The molecule has 0 radical (unpaired) electrons. The summed E-state index contributed by atoms with van der Waals surface area (Å²) in [6, 6.07) is 9.90. The molecule has 168 valence electrons. The molecule has 7 nitrogen and oxygen atoms in total. The molecule has 0 amide bonds. The molecular formula is C23H30N2O5S. The van der Waals surface area contributed by atoms with Crippen LogP contribution in [0.2, 0.25) is 0 Å². The van der Waals surface area contributed by atoms with E-state index in [0.29, 0.717) is 37.9 Å². The van der Waals surface area contributed by atoms with Gasteiger partial charge in [0.2, 0.25) is 21.2 Å². The zero-order valence-corrected chi connectivity index (χ0v) is 18.8. The van der Waals surface area contributed by atoms with Crippen LogP contribution in [-0.4, -0.2) is 43.6 Å². The summed E-state index contributed by atoms with van der Waals surface area (Å²) in [4.78, 5) is 14.6. The Labute approximate surface area is 183 Å². The molecule has 1 aromatic carbocycles. The highest BCUT2D eigenvalue weighted by Crippen LogP contribution is 2.25. The first kappa shape index (κ1) is 22.0. The Morgan fingerprint density at radius 2 is 1.81 bits per heavy atom. The average molecular weight is 447 g/mol. The van der Waals surface area contributed by atoms with E-state index in [-0.39, 0.29) is 11.2 Å². The van der Waals surface area contributed by atoms with E-state index in [1.165, 1.54) is 29.7 Å². The Bertz CT molecular complexity index is 1030. The number of nitrogens with zero attached hydrogens (tertiary/aromatic N) is 2. The molecule has 0 spiro atoms. The van der Waals surface area contributed by atoms with Gasteiger partial charge < -0.3 is 9.15 Å². The lowest BCUT2D eigenvalue weighted by Crippen LogP contribution is -2.37. The van der Waals surface area contributed by atoms with Gasteiger partial charge in [-0.3, -0.25) is 9.69 Å². The van der Waals surface area contributed by atoms with Crippen LogP contribution in [0.5, 0.6) is 5.75 Å². The maximum absolute atomic E-state index is 12.4. The van der Waals surface area contributed by atoms with Crippen molar-refractivity contribution in [1.29, 1.82) is 0 Å². The van der Waals surface area contributed by atoms with Crippen LogP contribution in [0.1, 0.15) is 42.6 Å². The molecule has 0 aliphatic carbocycles. The van der Waals surface area contributed by atoms with Crippen molar-refractivity contribution in [1.82, 2.24) is 9.21 Å². The number of benzene rings is 1. The summed E-state index contributed by atoms with van der Waals surface area (Å²) in [5.41, 5.74) is 2.50. The van der Waals surface area contributed by atoms with Crippen molar-refractivity contribution < 1.29 is 17.6 Å². The topological polar surface area (TPSA) is 80.1 Å². The molecule has 0 bridgehead atoms. The number of hydrogen-bond acceptors (Lipinski definition) is 6. The van der Waals surface area contributed by atoms with Gasteiger partial charge in [-0.1, -0.05) is 24.3 Å². The van der Waals surface area contributed by atoms with Gasteiger partial charge >= 0.3 is 0 Å². The number of fused-ring (bicyclic) bond motifs is 1. The van der Waals surface area contributed by atoms with Gasteiger partial charge in [0.25, 0.3) is 0 Å². The van der Waals surface area contributed by atoms with E-state index in [2.05, 4.69) is 17.0 Å². The number of sulfonamides is 1. The molecule has 0 saturated carbocycles. The highest BCUT2D eigenvalue weighted by Gasteiger charge is 2.24. The van der Waals surface area contributed by atoms with Crippen molar-refractivity contribution >= 4 is 10.0 Å². The van der Waals surface area contributed by atoms with Gasteiger partial charge in [-0.05, 0) is 42.7 Å². The van der Waals surface area contributed by atoms with Gasteiger partial charge in [-0.25, -0.2) is 12.7 Å². The van der Waals surface area contributed by atoms with Gasteiger partial charge in [0.05, 0.1) is 19.4 Å². The Morgan fingerprint density at radius 3 is 2.42 bits per heavy atom. The largest absolute Gasteiger partial charge is 0.487 e. The van der Waals surface area contributed by atoms with Crippen molar-refractivity contribution in [3.8, 4) is 5.75 Å². The molecule has 2 aliphatic rings.